The number of rotatable bonds is 8. The predicted molar refractivity (Wildman–Crippen MR) is 75.2 cm³/mol. The summed E-state index contributed by atoms with van der Waals surface area (Å²) in [5, 5.41) is 0. The van der Waals surface area contributed by atoms with Crippen molar-refractivity contribution in [1.29, 1.82) is 0 Å². The molecule has 0 N–H and O–H groups in total. The molecule has 17 heavy (non-hydrogen) atoms. The zero-order chi connectivity index (χ0) is 11.5. The molecule has 94 valence electrons. The van der Waals surface area contributed by atoms with Gasteiger partial charge < -0.3 is 0 Å². The second-order valence-electron chi connectivity index (χ2n) is 4.31. The minimum atomic E-state index is 0.566. The van der Waals surface area contributed by atoms with E-state index in [0.717, 1.165) is 13.2 Å². The molecular weight excluding hydrogens is 319 g/mol. The first-order valence-electron chi connectivity index (χ1n) is 5.86. The second-order valence-corrected chi connectivity index (χ2v) is 9.00. The summed E-state index contributed by atoms with van der Waals surface area (Å²) in [4.78, 5) is 0. The molecule has 2 nitrogen and oxygen atoms in total. The molecule has 0 aliphatic carbocycles. The van der Waals surface area contributed by atoms with Crippen molar-refractivity contribution in [3.8, 4) is 0 Å². The van der Waals surface area contributed by atoms with Gasteiger partial charge in [-0.3, -0.25) is 0 Å². The zero-order valence-corrected chi connectivity index (χ0v) is 12.9. The Morgan fingerprint density at radius 3 is 1.88 bits per heavy atom. The fourth-order valence-corrected chi connectivity index (χ4v) is 6.42. The van der Waals surface area contributed by atoms with Gasteiger partial charge in [-0.15, -0.1) is 0 Å². The molecule has 2 unspecified atom stereocenters. The van der Waals surface area contributed by atoms with E-state index in [-0.39, 0.29) is 0 Å². The molecule has 2 fully saturated rings. The minimum absolute atomic E-state index is 0.566. The van der Waals surface area contributed by atoms with Crippen molar-refractivity contribution in [1.82, 2.24) is 0 Å². The summed E-state index contributed by atoms with van der Waals surface area (Å²) in [6.07, 6.45) is 1.13. The molecule has 1 aromatic heterocycles. The third-order valence-electron chi connectivity index (χ3n) is 2.62. The molecule has 3 rings (SSSR count). The van der Waals surface area contributed by atoms with Crippen LogP contribution < -0.4 is 0 Å². The van der Waals surface area contributed by atoms with Crippen LogP contribution in [-0.2, 0) is 21.0 Å². The number of ether oxygens (including phenoxy) is 2. The van der Waals surface area contributed by atoms with Crippen LogP contribution in [0.5, 0.6) is 0 Å². The van der Waals surface area contributed by atoms with Crippen LogP contribution in [0.2, 0.25) is 0 Å². The van der Waals surface area contributed by atoms with E-state index in [1.54, 1.807) is 8.87 Å². The Hall–Kier alpha value is 0.619. The first-order chi connectivity index (χ1) is 8.40. The summed E-state index contributed by atoms with van der Waals surface area (Å²) in [5.74, 6) is 4.76. The van der Waals surface area contributed by atoms with Gasteiger partial charge in [0.2, 0.25) is 0 Å². The summed E-state index contributed by atoms with van der Waals surface area (Å²) < 4.78 is 13.7. The van der Waals surface area contributed by atoms with Gasteiger partial charge in [0.1, 0.15) is 0 Å². The van der Waals surface area contributed by atoms with Gasteiger partial charge >= 0.3 is 117 Å². The number of hydrogen-bond donors (Lipinski definition) is 0. The normalized spacial score (nSPS) is 26.1. The summed E-state index contributed by atoms with van der Waals surface area (Å²) in [5.41, 5.74) is 0. The molecular formula is C12H16O2S2Se. The molecule has 1 aromatic rings. The number of epoxide rings is 2. The van der Waals surface area contributed by atoms with Gasteiger partial charge in [0.25, 0.3) is 0 Å². The van der Waals surface area contributed by atoms with Gasteiger partial charge in [-0.2, -0.15) is 0 Å². The quantitative estimate of drug-likeness (QED) is 0.536. The van der Waals surface area contributed by atoms with Crippen molar-refractivity contribution in [3.05, 3.63) is 21.0 Å². The van der Waals surface area contributed by atoms with Gasteiger partial charge in [0, 0.05) is 0 Å². The average molecular weight is 335 g/mol. The zero-order valence-electron chi connectivity index (χ0n) is 9.59. The molecule has 2 aliphatic heterocycles. The van der Waals surface area contributed by atoms with E-state index in [4.69, 9.17) is 9.47 Å². The molecule has 0 radical (unpaired) electrons. The van der Waals surface area contributed by atoms with E-state index in [0.29, 0.717) is 26.7 Å². The molecule has 0 aromatic carbocycles. The van der Waals surface area contributed by atoms with Crippen LogP contribution >= 0.6 is 23.5 Å². The van der Waals surface area contributed by atoms with Gasteiger partial charge in [-0.05, 0) is 0 Å². The molecule has 2 atom stereocenters. The van der Waals surface area contributed by atoms with E-state index < -0.39 is 0 Å². The van der Waals surface area contributed by atoms with Gasteiger partial charge in [0.05, 0.1) is 0 Å². The van der Waals surface area contributed by atoms with Crippen LogP contribution in [0.15, 0.2) is 12.1 Å². The van der Waals surface area contributed by atoms with Crippen LogP contribution in [0.1, 0.15) is 8.87 Å². The molecule has 0 spiro atoms. The summed E-state index contributed by atoms with van der Waals surface area (Å²) >= 11 is 4.67. The standard InChI is InChI=1S/C12H16O2S2Se/c1-2-12(8-16-6-10-4-14-10)17-11(1)7-15-5-9-3-13-9/h1-2,9-10H,3-8H2. The number of thioether (sulfide) groups is 2. The SMILES string of the molecule is c1cc(CSCC2CO2)[se]c1CSCC1CO1. The molecule has 2 aliphatic rings. The van der Waals surface area contributed by atoms with E-state index in [1.807, 2.05) is 23.5 Å². The predicted octanol–water partition coefficient (Wildman–Crippen LogP) is 2.01. The van der Waals surface area contributed by atoms with Crippen molar-refractivity contribution < 1.29 is 9.47 Å². The van der Waals surface area contributed by atoms with Crippen LogP contribution in [-0.4, -0.2) is 51.4 Å². The van der Waals surface area contributed by atoms with Crippen molar-refractivity contribution in [2.75, 3.05) is 24.7 Å². The van der Waals surface area contributed by atoms with E-state index >= 15 is 0 Å². The van der Waals surface area contributed by atoms with Crippen molar-refractivity contribution in [2.24, 2.45) is 0 Å². The fourth-order valence-electron chi connectivity index (χ4n) is 1.49. The summed E-state index contributed by atoms with van der Waals surface area (Å²) in [6, 6.07) is 4.68. The molecule has 0 saturated carbocycles. The maximum absolute atomic E-state index is 5.21. The molecule has 0 bridgehead atoms. The first kappa shape index (κ1) is 12.6. The van der Waals surface area contributed by atoms with Crippen LogP contribution in [0, 0.1) is 0 Å². The van der Waals surface area contributed by atoms with Gasteiger partial charge in [0.15, 0.2) is 0 Å². The molecule has 5 heteroatoms. The van der Waals surface area contributed by atoms with Crippen LogP contribution in [0.3, 0.4) is 0 Å². The monoisotopic (exact) mass is 336 g/mol. The Kier molecular flexibility index (Phi) is 4.59. The topological polar surface area (TPSA) is 25.1 Å². The number of hydrogen-bond acceptors (Lipinski definition) is 4. The van der Waals surface area contributed by atoms with Crippen molar-refractivity contribution in [3.63, 3.8) is 0 Å². The van der Waals surface area contributed by atoms with Crippen LogP contribution in [0.25, 0.3) is 0 Å². The van der Waals surface area contributed by atoms with Crippen molar-refractivity contribution in [2.45, 2.75) is 23.7 Å². The molecule has 2 saturated heterocycles. The fraction of sp³-hybridized carbons (Fsp3) is 0.667. The molecule has 0 amide bonds. The Balaban J connectivity index is 1.34. The van der Waals surface area contributed by atoms with E-state index in [9.17, 15) is 0 Å². The first-order valence-corrected chi connectivity index (χ1v) is 9.88. The van der Waals surface area contributed by atoms with Gasteiger partial charge in [-0.25, -0.2) is 0 Å². The average Bonchev–Trinajstić information content (AvgIpc) is 3.22. The second kappa shape index (κ2) is 6.18. The maximum atomic E-state index is 5.21. The Morgan fingerprint density at radius 2 is 1.47 bits per heavy atom. The van der Waals surface area contributed by atoms with E-state index in [2.05, 4.69) is 12.1 Å². The Labute approximate surface area is 117 Å². The Bertz CT molecular complexity index is 329. The van der Waals surface area contributed by atoms with E-state index in [1.165, 1.54) is 23.0 Å². The summed E-state index contributed by atoms with van der Waals surface area (Å²) in [6.45, 7) is 1.97. The van der Waals surface area contributed by atoms with Crippen LogP contribution in [0.4, 0.5) is 0 Å². The van der Waals surface area contributed by atoms with Gasteiger partial charge in [-0.1, -0.05) is 0 Å². The third-order valence-corrected chi connectivity index (χ3v) is 7.97. The molecule has 3 heterocycles. The van der Waals surface area contributed by atoms with Crippen molar-refractivity contribution >= 4 is 38.0 Å². The summed E-state index contributed by atoms with van der Waals surface area (Å²) in [7, 11) is 0. The Morgan fingerprint density at radius 1 is 1.00 bits per heavy atom. The third kappa shape index (κ3) is 4.66.